The first-order chi connectivity index (χ1) is 15.5. The summed E-state index contributed by atoms with van der Waals surface area (Å²) in [7, 11) is 1.98. The van der Waals surface area contributed by atoms with Crippen LogP contribution in [0, 0.1) is 5.92 Å². The summed E-state index contributed by atoms with van der Waals surface area (Å²) < 4.78 is 3.80. The van der Waals surface area contributed by atoms with E-state index in [0.717, 1.165) is 31.9 Å². The average molecular weight is 462 g/mol. The number of carbonyl (C=O) groups excluding carboxylic acids is 2. The summed E-state index contributed by atoms with van der Waals surface area (Å²) in [4.78, 5) is 39.5. The van der Waals surface area contributed by atoms with E-state index in [1.807, 2.05) is 72.4 Å². The molecule has 0 spiro atoms. The third-order valence-electron chi connectivity index (χ3n) is 6.33. The fourth-order valence-electron chi connectivity index (χ4n) is 4.90. The molecule has 1 fully saturated rings. The summed E-state index contributed by atoms with van der Waals surface area (Å²) in [5.74, 6) is -1.41. The minimum atomic E-state index is -0.546. The fourth-order valence-corrected chi connectivity index (χ4v) is 7.63. The number of thioether (sulfide) groups is 1. The van der Waals surface area contributed by atoms with Crippen molar-refractivity contribution in [2.24, 2.45) is 13.0 Å². The van der Waals surface area contributed by atoms with Crippen LogP contribution in [0.1, 0.15) is 21.9 Å². The smallest absolute Gasteiger partial charge is 0.308 e. The number of thiazole rings is 1. The van der Waals surface area contributed by atoms with E-state index in [-0.39, 0.29) is 22.6 Å². The molecule has 8 heteroatoms. The minimum absolute atomic E-state index is 0.0654. The largest absolute Gasteiger partial charge is 0.350 e. The lowest BCUT2D eigenvalue weighted by molar-refractivity contribution is -0.125. The highest BCUT2D eigenvalue weighted by Gasteiger charge is 2.53. The van der Waals surface area contributed by atoms with Crippen LogP contribution in [0.2, 0.25) is 0 Å². The molecule has 6 rings (SSSR count). The molecule has 32 heavy (non-hydrogen) atoms. The van der Waals surface area contributed by atoms with Gasteiger partial charge in [0.15, 0.2) is 0 Å². The van der Waals surface area contributed by atoms with Crippen LogP contribution in [0.15, 0.2) is 70.6 Å². The Morgan fingerprint density at radius 2 is 1.72 bits per heavy atom. The molecule has 4 aromatic rings. The summed E-state index contributed by atoms with van der Waals surface area (Å²) in [5, 5.41) is 3.83. The number of aryl methyl sites for hydroxylation is 1. The first-order valence-corrected chi connectivity index (χ1v) is 12.1. The zero-order valence-corrected chi connectivity index (χ0v) is 18.8. The molecule has 2 aliphatic rings. The van der Waals surface area contributed by atoms with Crippen molar-refractivity contribution in [3.63, 3.8) is 0 Å². The second-order valence-corrected chi connectivity index (χ2v) is 10.3. The van der Waals surface area contributed by atoms with Crippen molar-refractivity contribution in [1.82, 2.24) is 14.5 Å². The van der Waals surface area contributed by atoms with Crippen molar-refractivity contribution in [1.29, 1.82) is 0 Å². The summed E-state index contributed by atoms with van der Waals surface area (Å²) in [5.41, 5.74) is 3.06. The number of carbonyl (C=O) groups is 2. The highest BCUT2D eigenvalue weighted by Crippen LogP contribution is 2.52. The standard InChI is InChI=1S/C24H19N3O3S2/c1-26-12-15(14-9-5-6-10-16(14)26)17-18-19(22(29)25-21(18)28)31-23-20(17)32-24(30)27(23)11-13-7-3-2-4-8-13/h2-10,12,17-19H,11H2,1H3,(H,25,28,29). The number of hydrogen-bond acceptors (Lipinski definition) is 5. The van der Waals surface area contributed by atoms with Gasteiger partial charge in [0.1, 0.15) is 5.25 Å². The molecule has 6 nitrogen and oxygen atoms in total. The Kier molecular flexibility index (Phi) is 4.41. The molecular formula is C24H19N3O3S2. The molecule has 160 valence electrons. The van der Waals surface area contributed by atoms with Gasteiger partial charge in [0.2, 0.25) is 11.8 Å². The Balaban J connectivity index is 1.58. The predicted molar refractivity (Wildman–Crippen MR) is 125 cm³/mol. The van der Waals surface area contributed by atoms with E-state index in [1.165, 1.54) is 23.1 Å². The lowest BCUT2D eigenvalue weighted by atomic mass is 9.83. The molecule has 0 saturated carbocycles. The highest BCUT2D eigenvalue weighted by molar-refractivity contribution is 8.00. The monoisotopic (exact) mass is 461 g/mol. The molecule has 2 aromatic heterocycles. The van der Waals surface area contributed by atoms with Gasteiger partial charge in [-0.15, -0.1) is 0 Å². The molecule has 4 heterocycles. The first-order valence-electron chi connectivity index (χ1n) is 10.4. The van der Waals surface area contributed by atoms with Crippen LogP contribution >= 0.6 is 23.1 Å². The van der Waals surface area contributed by atoms with E-state index in [4.69, 9.17) is 0 Å². The number of para-hydroxylation sites is 1. The zero-order valence-electron chi connectivity index (χ0n) is 17.1. The maximum Gasteiger partial charge on any atom is 0.308 e. The minimum Gasteiger partial charge on any atom is -0.350 e. The third kappa shape index (κ3) is 2.83. The Bertz CT molecular complexity index is 1450. The van der Waals surface area contributed by atoms with Gasteiger partial charge in [-0.2, -0.15) is 0 Å². The topological polar surface area (TPSA) is 73.1 Å². The van der Waals surface area contributed by atoms with Gasteiger partial charge in [0.05, 0.1) is 17.5 Å². The first kappa shape index (κ1) is 19.6. The maximum atomic E-state index is 13.1. The van der Waals surface area contributed by atoms with Crippen LogP contribution in [0.5, 0.6) is 0 Å². The normalized spacial score (nSPS) is 22.1. The molecule has 3 unspecified atom stereocenters. The van der Waals surface area contributed by atoms with Gasteiger partial charge in [-0.3, -0.25) is 24.3 Å². The summed E-state index contributed by atoms with van der Waals surface area (Å²) in [6, 6.07) is 17.9. The van der Waals surface area contributed by atoms with Crippen LogP contribution < -0.4 is 10.2 Å². The fraction of sp³-hybridized carbons (Fsp3) is 0.208. The number of fused-ring (bicyclic) bond motifs is 3. The number of imide groups is 1. The number of nitrogens with one attached hydrogen (secondary N) is 1. The van der Waals surface area contributed by atoms with Crippen LogP contribution in [-0.2, 0) is 23.2 Å². The van der Waals surface area contributed by atoms with Crippen molar-refractivity contribution < 1.29 is 9.59 Å². The zero-order chi connectivity index (χ0) is 22.0. The van der Waals surface area contributed by atoms with E-state index < -0.39 is 11.2 Å². The lowest BCUT2D eigenvalue weighted by Crippen LogP contribution is -2.32. The van der Waals surface area contributed by atoms with E-state index >= 15 is 0 Å². The predicted octanol–water partition coefficient (Wildman–Crippen LogP) is 3.33. The van der Waals surface area contributed by atoms with Crippen molar-refractivity contribution >= 4 is 45.8 Å². The van der Waals surface area contributed by atoms with E-state index in [1.54, 1.807) is 4.57 Å². The molecule has 1 N–H and O–H groups in total. The van der Waals surface area contributed by atoms with E-state index in [9.17, 15) is 14.4 Å². The SMILES string of the molecule is Cn1cc(C2c3sc(=O)n(Cc4ccccc4)c3SC3C(=O)NC(=O)C32)c2ccccc21. The lowest BCUT2D eigenvalue weighted by Gasteiger charge is -2.30. The van der Waals surface area contributed by atoms with Crippen LogP contribution in [0.4, 0.5) is 0 Å². The Morgan fingerprint density at radius 1 is 0.969 bits per heavy atom. The Labute approximate surface area is 191 Å². The molecule has 2 aliphatic heterocycles. The highest BCUT2D eigenvalue weighted by atomic mass is 32.2. The average Bonchev–Trinajstić information content (AvgIpc) is 3.39. The summed E-state index contributed by atoms with van der Waals surface area (Å²) >= 11 is 2.55. The Morgan fingerprint density at radius 3 is 2.53 bits per heavy atom. The molecular weight excluding hydrogens is 442 g/mol. The number of rotatable bonds is 3. The van der Waals surface area contributed by atoms with Crippen LogP contribution in [0.3, 0.4) is 0 Å². The third-order valence-corrected chi connectivity index (χ3v) is 8.95. The van der Waals surface area contributed by atoms with E-state index in [2.05, 4.69) is 5.32 Å². The molecule has 1 saturated heterocycles. The molecule has 0 bridgehead atoms. The molecule has 0 radical (unpaired) electrons. The maximum absolute atomic E-state index is 13.1. The van der Waals surface area contributed by atoms with Crippen molar-refractivity contribution in [3.05, 3.63) is 86.5 Å². The second-order valence-electron chi connectivity index (χ2n) is 8.22. The molecule has 3 atom stereocenters. The van der Waals surface area contributed by atoms with Gasteiger partial charge in [0.25, 0.3) is 0 Å². The van der Waals surface area contributed by atoms with Crippen molar-refractivity contribution in [2.45, 2.75) is 22.7 Å². The molecule has 2 amide bonds. The van der Waals surface area contributed by atoms with Gasteiger partial charge in [-0.05, 0) is 17.2 Å². The number of nitrogens with zero attached hydrogens (tertiary/aromatic N) is 2. The quantitative estimate of drug-likeness (QED) is 0.475. The number of amides is 2. The second kappa shape index (κ2) is 7.21. The number of hydrogen-bond donors (Lipinski definition) is 1. The number of benzene rings is 2. The van der Waals surface area contributed by atoms with Crippen molar-refractivity contribution in [3.8, 4) is 0 Å². The summed E-state index contributed by atoms with van der Waals surface area (Å²) in [6.45, 7) is 0.438. The summed E-state index contributed by atoms with van der Waals surface area (Å²) in [6.07, 6.45) is 2.04. The Hall–Kier alpha value is -3.10. The van der Waals surface area contributed by atoms with Crippen LogP contribution in [0.25, 0.3) is 10.9 Å². The number of aromatic nitrogens is 2. The van der Waals surface area contributed by atoms with E-state index in [0.29, 0.717) is 6.54 Å². The van der Waals surface area contributed by atoms with Crippen LogP contribution in [-0.4, -0.2) is 26.2 Å². The van der Waals surface area contributed by atoms with Crippen molar-refractivity contribution in [2.75, 3.05) is 0 Å². The molecule has 0 aliphatic carbocycles. The van der Waals surface area contributed by atoms with Gasteiger partial charge in [-0.1, -0.05) is 71.6 Å². The van der Waals surface area contributed by atoms with Gasteiger partial charge in [-0.25, -0.2) is 0 Å². The van der Waals surface area contributed by atoms with Gasteiger partial charge < -0.3 is 4.57 Å². The van der Waals surface area contributed by atoms with Gasteiger partial charge in [0, 0.05) is 34.9 Å². The molecule has 2 aromatic carbocycles. The van der Waals surface area contributed by atoms with Gasteiger partial charge >= 0.3 is 4.87 Å².